The zero-order chi connectivity index (χ0) is 44.4. The molecule has 0 saturated heterocycles. The Morgan fingerprint density at radius 1 is 0.617 bits per heavy atom. The minimum Gasteiger partial charge on any atom is -0.489 e. The molecule has 2 unspecified atom stereocenters. The molecule has 60 heavy (non-hydrogen) atoms. The summed E-state index contributed by atoms with van der Waals surface area (Å²) in [7, 11) is 0. The standard InChI is InChI=1S/2C14H18O2.C14H18O.C12H14O/c1-9-5-6-12-10(7-9)11(15)8-13(16-12)14(2,3)4;1-9-5-6-12-11(7-9)10(2)8-13(16-12)14(3,4)15;1-10-5-6-13-11(7-10)8-12(9-15-13)14(2,3)4;1-9-4-5-11-10(8-9)12(2,3)6-7-13-11/h5-8,11,15H,1-4H3;5-8,10,15H,1-4H3;5-8H,9H2,1-4H3;4-8H,1-3H3. The van der Waals surface area contributed by atoms with Gasteiger partial charge in [0.15, 0.2) is 0 Å². The molecule has 0 aromatic heterocycles. The first-order valence-electron chi connectivity index (χ1n) is 21.1. The van der Waals surface area contributed by atoms with Crippen molar-refractivity contribution in [2.75, 3.05) is 6.61 Å². The molecule has 0 spiro atoms. The molecule has 4 aliphatic rings. The summed E-state index contributed by atoms with van der Waals surface area (Å²) in [6, 6.07) is 24.7. The largest absolute Gasteiger partial charge is 0.489 e. The van der Waals surface area contributed by atoms with E-state index in [9.17, 15) is 10.2 Å². The number of benzene rings is 4. The number of rotatable bonds is 1. The predicted molar refractivity (Wildman–Crippen MR) is 247 cm³/mol. The van der Waals surface area contributed by atoms with E-state index in [2.05, 4.69) is 132 Å². The van der Waals surface area contributed by atoms with Crippen LogP contribution in [0, 0.1) is 38.5 Å². The summed E-state index contributed by atoms with van der Waals surface area (Å²) in [5, 5.41) is 20.0. The number of allylic oxidation sites excluding steroid dienone is 3. The zero-order valence-corrected chi connectivity index (χ0v) is 38.7. The molecule has 0 fully saturated rings. The highest BCUT2D eigenvalue weighted by Gasteiger charge is 2.29. The van der Waals surface area contributed by atoms with Gasteiger partial charge in [0, 0.05) is 39.0 Å². The summed E-state index contributed by atoms with van der Waals surface area (Å²) < 4.78 is 22.7. The van der Waals surface area contributed by atoms with Crippen LogP contribution in [0.15, 0.2) is 114 Å². The number of fused-ring (bicyclic) bond motifs is 4. The van der Waals surface area contributed by atoms with E-state index in [-0.39, 0.29) is 22.2 Å². The molecular formula is C54H68O6. The maximum atomic E-state index is 10.1. The molecular weight excluding hydrogens is 745 g/mol. The minimum absolute atomic E-state index is 0.0798. The summed E-state index contributed by atoms with van der Waals surface area (Å²) >= 11 is 0. The van der Waals surface area contributed by atoms with Gasteiger partial charge < -0.3 is 29.2 Å². The lowest BCUT2D eigenvalue weighted by atomic mass is 9.82. The molecule has 0 bridgehead atoms. The van der Waals surface area contributed by atoms with Crippen LogP contribution >= 0.6 is 0 Å². The molecule has 8 rings (SSSR count). The van der Waals surface area contributed by atoms with Gasteiger partial charge in [0.2, 0.25) is 0 Å². The Hall–Kier alpha value is -5.04. The molecule has 4 aromatic rings. The highest BCUT2D eigenvalue weighted by Crippen LogP contribution is 2.41. The molecule has 4 aliphatic heterocycles. The number of aliphatic hydroxyl groups is 2. The van der Waals surface area contributed by atoms with Gasteiger partial charge in [-0.2, -0.15) is 0 Å². The second-order valence-corrected chi connectivity index (χ2v) is 19.8. The molecule has 6 heteroatoms. The second kappa shape index (κ2) is 17.9. The van der Waals surface area contributed by atoms with E-state index in [1.54, 1.807) is 26.2 Å². The summed E-state index contributed by atoms with van der Waals surface area (Å²) in [6.45, 7) is 31.9. The Morgan fingerprint density at radius 2 is 1.13 bits per heavy atom. The first kappa shape index (κ1) is 46.0. The van der Waals surface area contributed by atoms with Crippen molar-refractivity contribution in [1.29, 1.82) is 0 Å². The summed E-state index contributed by atoms with van der Waals surface area (Å²) in [5.41, 5.74) is 10.1. The van der Waals surface area contributed by atoms with Crippen LogP contribution in [0.1, 0.15) is 133 Å². The third kappa shape index (κ3) is 11.6. The maximum absolute atomic E-state index is 10.1. The number of hydrogen-bond acceptors (Lipinski definition) is 6. The van der Waals surface area contributed by atoms with Crippen molar-refractivity contribution in [3.05, 3.63) is 159 Å². The van der Waals surface area contributed by atoms with Crippen molar-refractivity contribution in [2.24, 2.45) is 10.8 Å². The third-order valence-corrected chi connectivity index (χ3v) is 11.0. The van der Waals surface area contributed by atoms with Crippen molar-refractivity contribution in [2.45, 2.75) is 127 Å². The summed E-state index contributed by atoms with van der Waals surface area (Å²) in [5.74, 6) is 5.37. The Bertz CT molecular complexity index is 2210. The van der Waals surface area contributed by atoms with E-state index >= 15 is 0 Å². The quantitative estimate of drug-likeness (QED) is 0.199. The number of ether oxygens (including phenoxy) is 4. The topological polar surface area (TPSA) is 77.4 Å². The van der Waals surface area contributed by atoms with Crippen LogP contribution in [0.2, 0.25) is 0 Å². The zero-order valence-electron chi connectivity index (χ0n) is 38.7. The van der Waals surface area contributed by atoms with Crippen molar-refractivity contribution >= 4 is 6.08 Å². The van der Waals surface area contributed by atoms with Crippen LogP contribution in [0.25, 0.3) is 6.08 Å². The monoisotopic (exact) mass is 813 g/mol. The molecule has 0 radical (unpaired) electrons. The first-order valence-corrected chi connectivity index (χ1v) is 21.1. The van der Waals surface area contributed by atoms with E-state index < -0.39 is 11.7 Å². The van der Waals surface area contributed by atoms with Gasteiger partial charge in [0.1, 0.15) is 52.8 Å². The fourth-order valence-electron chi connectivity index (χ4n) is 7.04. The average Bonchev–Trinajstić information content (AvgIpc) is 3.15. The van der Waals surface area contributed by atoms with Gasteiger partial charge >= 0.3 is 0 Å². The van der Waals surface area contributed by atoms with E-state index in [1.807, 2.05) is 49.4 Å². The Morgan fingerprint density at radius 3 is 1.72 bits per heavy atom. The van der Waals surface area contributed by atoms with Crippen LogP contribution in [0.4, 0.5) is 0 Å². The van der Waals surface area contributed by atoms with Gasteiger partial charge in [-0.25, -0.2) is 0 Å². The lowest BCUT2D eigenvalue weighted by Gasteiger charge is -2.29. The van der Waals surface area contributed by atoms with Gasteiger partial charge in [0.05, 0.1) is 6.26 Å². The van der Waals surface area contributed by atoms with Crippen LogP contribution in [-0.4, -0.2) is 22.4 Å². The van der Waals surface area contributed by atoms with Crippen molar-refractivity contribution in [3.8, 4) is 23.0 Å². The van der Waals surface area contributed by atoms with Crippen molar-refractivity contribution < 1.29 is 29.2 Å². The first-order chi connectivity index (χ1) is 27.8. The lowest BCUT2D eigenvalue weighted by Crippen LogP contribution is -2.28. The molecule has 2 N–H and O–H groups in total. The lowest BCUT2D eigenvalue weighted by molar-refractivity contribution is 0.0748. The van der Waals surface area contributed by atoms with Crippen molar-refractivity contribution in [1.82, 2.24) is 0 Å². The molecule has 0 amide bonds. The van der Waals surface area contributed by atoms with Crippen LogP contribution in [-0.2, 0) is 5.41 Å². The van der Waals surface area contributed by atoms with E-state index in [0.29, 0.717) is 5.76 Å². The normalized spacial score (nSPS) is 18.2. The fourth-order valence-corrected chi connectivity index (χ4v) is 7.04. The SMILES string of the molecule is Cc1ccc2c(c1)C(C)(C)C=CO2.Cc1ccc2c(c1)C(C)C=C(C(C)(C)O)O2.Cc1ccc2c(c1)C(O)C=C(C(C)(C)C)O2.Cc1ccc2c(c1)C=C(C(C)(C)C)CO2. The van der Waals surface area contributed by atoms with Gasteiger partial charge in [-0.05, 0) is 113 Å². The van der Waals surface area contributed by atoms with Gasteiger partial charge in [-0.1, -0.05) is 121 Å². The van der Waals surface area contributed by atoms with Crippen LogP contribution in [0.5, 0.6) is 23.0 Å². The molecule has 2 atom stereocenters. The highest BCUT2D eigenvalue weighted by molar-refractivity contribution is 5.64. The Labute approximate surface area is 360 Å². The third-order valence-electron chi connectivity index (χ3n) is 11.0. The summed E-state index contributed by atoms with van der Waals surface area (Å²) in [6.07, 6.45) is 9.36. The maximum Gasteiger partial charge on any atom is 0.133 e. The molecule has 4 heterocycles. The number of hydrogen-bond donors (Lipinski definition) is 2. The molecule has 6 nitrogen and oxygen atoms in total. The van der Waals surface area contributed by atoms with Gasteiger partial charge in [-0.15, -0.1) is 0 Å². The minimum atomic E-state index is -0.920. The molecule has 4 aromatic carbocycles. The summed E-state index contributed by atoms with van der Waals surface area (Å²) in [4.78, 5) is 0. The Balaban J connectivity index is 0.000000152. The van der Waals surface area contributed by atoms with E-state index in [4.69, 9.17) is 18.9 Å². The smallest absolute Gasteiger partial charge is 0.133 e. The molecule has 0 aliphatic carbocycles. The predicted octanol–water partition coefficient (Wildman–Crippen LogP) is 13.5. The van der Waals surface area contributed by atoms with Gasteiger partial charge in [-0.3, -0.25) is 0 Å². The van der Waals surface area contributed by atoms with Crippen LogP contribution in [0.3, 0.4) is 0 Å². The van der Waals surface area contributed by atoms with Gasteiger partial charge in [0.25, 0.3) is 0 Å². The molecule has 320 valence electrons. The van der Waals surface area contributed by atoms with E-state index in [0.717, 1.165) is 46.5 Å². The van der Waals surface area contributed by atoms with Crippen molar-refractivity contribution in [3.63, 3.8) is 0 Å². The highest BCUT2D eigenvalue weighted by atomic mass is 16.5. The fraction of sp³-hybridized carbons (Fsp3) is 0.407. The second-order valence-electron chi connectivity index (χ2n) is 19.8. The number of aryl methyl sites for hydroxylation is 4. The Kier molecular flexibility index (Phi) is 13.7. The number of aliphatic hydroxyl groups excluding tert-OH is 1. The molecule has 0 saturated carbocycles. The van der Waals surface area contributed by atoms with E-state index in [1.165, 1.54) is 39.0 Å². The average molecular weight is 813 g/mol. The van der Waals surface area contributed by atoms with Crippen LogP contribution < -0.4 is 18.9 Å².